The molecular weight excluding hydrogens is 262 g/mol. The Hall–Kier alpha value is -0.320. The number of hydrogen-bond donors (Lipinski definition) is 1. The third-order valence-corrected chi connectivity index (χ3v) is 4.72. The molecule has 19 heavy (non-hydrogen) atoms. The normalized spacial score (nSPS) is 28.4. The second kappa shape index (κ2) is 7.46. The van der Waals surface area contributed by atoms with Crippen molar-refractivity contribution < 1.29 is 4.79 Å². The number of likely N-dealkylation sites (N-methyl/N-ethyl adjacent to an activating group) is 1. The lowest BCUT2D eigenvalue weighted by molar-refractivity contribution is -0.136. The van der Waals surface area contributed by atoms with Crippen molar-refractivity contribution in [1.82, 2.24) is 15.1 Å². The third kappa shape index (κ3) is 3.61. The molecule has 2 fully saturated rings. The minimum Gasteiger partial charge on any atom is -0.342 e. The molecule has 3 atom stereocenters. The summed E-state index contributed by atoms with van der Waals surface area (Å²) in [6, 6.07) is 0.0476. The highest BCUT2D eigenvalue weighted by molar-refractivity contribution is 5.85. The maximum absolute atomic E-state index is 12.4. The number of carbonyl (C=O) groups excluding carboxylic acids is 1. The molecule has 0 spiro atoms. The van der Waals surface area contributed by atoms with Crippen LogP contribution in [-0.4, -0.2) is 61.0 Å². The van der Waals surface area contributed by atoms with E-state index in [-0.39, 0.29) is 18.4 Å². The fourth-order valence-electron chi connectivity index (χ4n) is 3.37. The number of hydrogen-bond acceptors (Lipinski definition) is 3. The van der Waals surface area contributed by atoms with Crippen LogP contribution in [-0.2, 0) is 4.79 Å². The number of nitrogens with one attached hydrogen (secondary N) is 1. The van der Waals surface area contributed by atoms with Crippen molar-refractivity contribution >= 4 is 18.3 Å². The standard InChI is InChI=1S/C14H27N3O.ClH/c1-4-16(5-2)14(18)11(3)17-7-6-12-8-15-9-13(12)10-17;/h11-13,15H,4-10H2,1-3H3;1H. The summed E-state index contributed by atoms with van der Waals surface area (Å²) in [6.07, 6.45) is 1.24. The van der Waals surface area contributed by atoms with E-state index in [1.165, 1.54) is 13.0 Å². The number of likely N-dealkylation sites (tertiary alicyclic amines) is 1. The van der Waals surface area contributed by atoms with E-state index in [9.17, 15) is 4.79 Å². The van der Waals surface area contributed by atoms with Crippen molar-refractivity contribution in [2.24, 2.45) is 11.8 Å². The molecule has 5 heteroatoms. The van der Waals surface area contributed by atoms with Crippen LogP contribution in [0.2, 0.25) is 0 Å². The predicted molar refractivity (Wildman–Crippen MR) is 80.7 cm³/mol. The van der Waals surface area contributed by atoms with Gasteiger partial charge in [0, 0.05) is 19.6 Å². The third-order valence-electron chi connectivity index (χ3n) is 4.72. The molecule has 0 saturated carbocycles. The Morgan fingerprint density at radius 1 is 1.32 bits per heavy atom. The first kappa shape index (κ1) is 16.7. The summed E-state index contributed by atoms with van der Waals surface area (Å²) < 4.78 is 0. The first-order valence-corrected chi connectivity index (χ1v) is 7.40. The van der Waals surface area contributed by atoms with Gasteiger partial charge >= 0.3 is 0 Å². The van der Waals surface area contributed by atoms with Crippen molar-refractivity contribution in [1.29, 1.82) is 0 Å². The van der Waals surface area contributed by atoms with Crippen LogP contribution in [0.15, 0.2) is 0 Å². The average molecular weight is 290 g/mol. The van der Waals surface area contributed by atoms with Crippen molar-refractivity contribution in [2.75, 3.05) is 39.3 Å². The first-order valence-electron chi connectivity index (χ1n) is 7.40. The summed E-state index contributed by atoms with van der Waals surface area (Å²) >= 11 is 0. The van der Waals surface area contributed by atoms with Crippen LogP contribution >= 0.6 is 12.4 Å². The van der Waals surface area contributed by atoms with E-state index in [4.69, 9.17) is 0 Å². The van der Waals surface area contributed by atoms with Crippen LogP contribution < -0.4 is 5.32 Å². The number of carbonyl (C=O) groups is 1. The van der Waals surface area contributed by atoms with E-state index in [2.05, 4.69) is 31.0 Å². The quantitative estimate of drug-likeness (QED) is 0.845. The molecule has 4 nitrogen and oxygen atoms in total. The smallest absolute Gasteiger partial charge is 0.239 e. The van der Waals surface area contributed by atoms with Crippen molar-refractivity contribution in [3.05, 3.63) is 0 Å². The van der Waals surface area contributed by atoms with E-state index >= 15 is 0 Å². The minimum absolute atomic E-state index is 0. The Morgan fingerprint density at radius 3 is 2.58 bits per heavy atom. The summed E-state index contributed by atoms with van der Waals surface area (Å²) in [5.41, 5.74) is 0. The molecule has 0 bridgehead atoms. The Labute approximate surface area is 123 Å². The van der Waals surface area contributed by atoms with Gasteiger partial charge in [-0.05, 0) is 58.7 Å². The van der Waals surface area contributed by atoms with Gasteiger partial charge in [0.25, 0.3) is 0 Å². The fourth-order valence-corrected chi connectivity index (χ4v) is 3.37. The zero-order valence-electron chi connectivity index (χ0n) is 12.4. The Balaban J connectivity index is 0.00000180. The second-order valence-electron chi connectivity index (χ2n) is 5.65. The van der Waals surface area contributed by atoms with Crippen LogP contribution in [0.5, 0.6) is 0 Å². The van der Waals surface area contributed by atoms with Gasteiger partial charge in [-0.3, -0.25) is 9.69 Å². The largest absolute Gasteiger partial charge is 0.342 e. The molecule has 2 saturated heterocycles. The molecule has 2 rings (SSSR count). The SMILES string of the molecule is CCN(CC)C(=O)C(C)N1CCC2CNCC2C1.Cl. The molecule has 0 aliphatic carbocycles. The van der Waals surface area contributed by atoms with Crippen LogP contribution in [0.4, 0.5) is 0 Å². The molecule has 0 radical (unpaired) electrons. The van der Waals surface area contributed by atoms with E-state index in [0.29, 0.717) is 5.91 Å². The van der Waals surface area contributed by atoms with Gasteiger partial charge in [0.2, 0.25) is 5.91 Å². The lowest BCUT2D eigenvalue weighted by atomic mass is 9.88. The summed E-state index contributed by atoms with van der Waals surface area (Å²) in [6.45, 7) is 12.3. The summed E-state index contributed by atoms with van der Waals surface area (Å²) in [4.78, 5) is 16.7. The molecule has 1 N–H and O–H groups in total. The molecule has 2 aliphatic rings. The zero-order valence-corrected chi connectivity index (χ0v) is 13.2. The number of halogens is 1. The highest BCUT2D eigenvalue weighted by atomic mass is 35.5. The number of piperidine rings is 1. The van der Waals surface area contributed by atoms with Gasteiger partial charge in [0.15, 0.2) is 0 Å². The van der Waals surface area contributed by atoms with Crippen molar-refractivity contribution in [3.8, 4) is 0 Å². The summed E-state index contributed by atoms with van der Waals surface area (Å²) in [7, 11) is 0. The molecule has 0 aromatic carbocycles. The highest BCUT2D eigenvalue weighted by Crippen LogP contribution is 2.27. The lowest BCUT2D eigenvalue weighted by Gasteiger charge is -2.39. The lowest BCUT2D eigenvalue weighted by Crippen LogP contribution is -2.51. The number of nitrogens with zero attached hydrogens (tertiary/aromatic N) is 2. The van der Waals surface area contributed by atoms with Crippen LogP contribution in [0.3, 0.4) is 0 Å². The van der Waals surface area contributed by atoms with Crippen LogP contribution in [0, 0.1) is 11.8 Å². The molecular formula is C14H28ClN3O. The Morgan fingerprint density at radius 2 is 1.95 bits per heavy atom. The molecule has 3 unspecified atom stereocenters. The molecule has 0 aromatic rings. The summed E-state index contributed by atoms with van der Waals surface area (Å²) in [5, 5.41) is 3.48. The topological polar surface area (TPSA) is 35.6 Å². The minimum atomic E-state index is 0. The van der Waals surface area contributed by atoms with Gasteiger partial charge in [-0.2, -0.15) is 0 Å². The first-order chi connectivity index (χ1) is 8.67. The number of fused-ring (bicyclic) bond motifs is 1. The summed E-state index contributed by atoms with van der Waals surface area (Å²) in [5.74, 6) is 1.90. The average Bonchev–Trinajstić information content (AvgIpc) is 2.86. The monoisotopic (exact) mass is 289 g/mol. The highest BCUT2D eigenvalue weighted by Gasteiger charge is 2.36. The predicted octanol–water partition coefficient (Wildman–Crippen LogP) is 1.21. The van der Waals surface area contributed by atoms with Gasteiger partial charge in [0.05, 0.1) is 6.04 Å². The van der Waals surface area contributed by atoms with Crippen LogP contribution in [0.1, 0.15) is 27.2 Å². The maximum Gasteiger partial charge on any atom is 0.239 e. The van der Waals surface area contributed by atoms with E-state index in [1.807, 2.05) is 4.90 Å². The van der Waals surface area contributed by atoms with Crippen molar-refractivity contribution in [3.63, 3.8) is 0 Å². The molecule has 0 aromatic heterocycles. The van der Waals surface area contributed by atoms with Gasteiger partial charge < -0.3 is 10.2 Å². The molecule has 112 valence electrons. The van der Waals surface area contributed by atoms with Gasteiger partial charge in [-0.15, -0.1) is 12.4 Å². The number of rotatable bonds is 4. The van der Waals surface area contributed by atoms with E-state index < -0.39 is 0 Å². The van der Waals surface area contributed by atoms with E-state index in [1.54, 1.807) is 0 Å². The van der Waals surface area contributed by atoms with Crippen molar-refractivity contribution in [2.45, 2.75) is 33.2 Å². The Bertz CT molecular complexity index is 296. The maximum atomic E-state index is 12.4. The van der Waals surface area contributed by atoms with Gasteiger partial charge in [-0.25, -0.2) is 0 Å². The number of amides is 1. The van der Waals surface area contributed by atoms with Gasteiger partial charge in [-0.1, -0.05) is 0 Å². The molecule has 1 amide bonds. The fraction of sp³-hybridized carbons (Fsp3) is 0.929. The van der Waals surface area contributed by atoms with Gasteiger partial charge in [0.1, 0.15) is 0 Å². The molecule has 2 aliphatic heterocycles. The Kier molecular flexibility index (Phi) is 6.57. The van der Waals surface area contributed by atoms with Crippen LogP contribution in [0.25, 0.3) is 0 Å². The van der Waals surface area contributed by atoms with E-state index in [0.717, 1.165) is 44.6 Å². The zero-order chi connectivity index (χ0) is 13.1. The molecule has 2 heterocycles. The second-order valence-corrected chi connectivity index (χ2v) is 5.65.